The Labute approximate surface area is 168 Å². The predicted octanol–water partition coefficient (Wildman–Crippen LogP) is 4.84. The zero-order valence-electron chi connectivity index (χ0n) is 16.3. The molecule has 1 N–H and O–H groups in total. The van der Waals surface area contributed by atoms with Gasteiger partial charge in [-0.25, -0.2) is 14.6 Å². The third-order valence-electron chi connectivity index (χ3n) is 5.30. The molecule has 4 rings (SSSR count). The minimum Gasteiger partial charge on any atom is -0.478 e. The van der Waals surface area contributed by atoms with Crippen LogP contribution >= 0.6 is 0 Å². The van der Waals surface area contributed by atoms with Crippen molar-refractivity contribution in [3.05, 3.63) is 76.5 Å². The molecule has 0 unspecified atom stereocenters. The molecule has 5 nitrogen and oxygen atoms in total. The number of aromatic carboxylic acids is 1. The Morgan fingerprint density at radius 3 is 2.52 bits per heavy atom. The number of para-hydroxylation sites is 1. The van der Waals surface area contributed by atoms with Gasteiger partial charge in [-0.2, -0.15) is 0 Å². The summed E-state index contributed by atoms with van der Waals surface area (Å²) in [4.78, 5) is 28.6. The summed E-state index contributed by atoms with van der Waals surface area (Å²) in [6, 6.07) is 14.5. The minimum absolute atomic E-state index is 0.309. The van der Waals surface area contributed by atoms with Crippen molar-refractivity contribution in [1.82, 2.24) is 4.98 Å². The van der Waals surface area contributed by atoms with Crippen LogP contribution in [0.5, 0.6) is 0 Å². The summed E-state index contributed by atoms with van der Waals surface area (Å²) < 4.78 is 4.74. The van der Waals surface area contributed by atoms with Crippen molar-refractivity contribution in [2.24, 2.45) is 5.92 Å². The number of nitrogens with zero attached hydrogens (tertiary/aromatic N) is 1. The number of ether oxygens (including phenoxy) is 1. The smallest absolute Gasteiger partial charge is 0.337 e. The number of benzene rings is 2. The van der Waals surface area contributed by atoms with E-state index in [2.05, 4.69) is 6.92 Å². The first-order chi connectivity index (χ1) is 14.0. The number of methoxy groups -OCH3 is 1. The normalized spacial score (nSPS) is 17.2. The molecule has 2 aromatic carbocycles. The lowest BCUT2D eigenvalue weighted by Crippen LogP contribution is -2.17. The summed E-state index contributed by atoms with van der Waals surface area (Å²) in [5, 5.41) is 10.6. The van der Waals surface area contributed by atoms with E-state index in [1.54, 1.807) is 12.1 Å². The van der Waals surface area contributed by atoms with Crippen LogP contribution in [-0.4, -0.2) is 29.1 Å². The lowest BCUT2D eigenvalue weighted by molar-refractivity contribution is 0.0599. The molecule has 0 saturated heterocycles. The molecule has 1 aromatic heterocycles. The van der Waals surface area contributed by atoms with E-state index in [0.29, 0.717) is 34.4 Å². The first kappa shape index (κ1) is 18.9. The first-order valence-electron chi connectivity index (χ1n) is 9.52. The molecule has 0 bridgehead atoms. The molecule has 0 fully saturated rings. The third-order valence-corrected chi connectivity index (χ3v) is 5.30. The highest BCUT2D eigenvalue weighted by Crippen LogP contribution is 2.38. The average molecular weight is 387 g/mol. The fourth-order valence-corrected chi connectivity index (χ4v) is 4.01. The summed E-state index contributed by atoms with van der Waals surface area (Å²) in [6.07, 6.45) is 3.53. The Balaban J connectivity index is 1.87. The number of hydrogen-bond acceptors (Lipinski definition) is 4. The van der Waals surface area contributed by atoms with Crippen LogP contribution in [-0.2, 0) is 11.2 Å². The second kappa shape index (κ2) is 7.51. The second-order valence-corrected chi connectivity index (χ2v) is 7.43. The van der Waals surface area contributed by atoms with E-state index in [1.807, 2.05) is 42.5 Å². The highest BCUT2D eigenvalue weighted by atomic mass is 16.5. The summed E-state index contributed by atoms with van der Waals surface area (Å²) in [5.74, 6) is -0.986. The van der Waals surface area contributed by atoms with E-state index in [1.165, 1.54) is 7.11 Å². The van der Waals surface area contributed by atoms with E-state index in [-0.39, 0.29) is 5.97 Å². The van der Waals surface area contributed by atoms with Crippen LogP contribution in [0.4, 0.5) is 0 Å². The zero-order chi connectivity index (χ0) is 20.5. The highest BCUT2D eigenvalue weighted by Gasteiger charge is 2.27. The van der Waals surface area contributed by atoms with Gasteiger partial charge < -0.3 is 9.84 Å². The molecule has 0 saturated carbocycles. The number of fused-ring (bicyclic) bond motifs is 2. The summed E-state index contributed by atoms with van der Waals surface area (Å²) in [5.41, 5.74) is 5.03. The molecule has 0 amide bonds. The van der Waals surface area contributed by atoms with Gasteiger partial charge >= 0.3 is 11.9 Å². The number of carbonyl (C=O) groups is 2. The fourth-order valence-electron chi connectivity index (χ4n) is 4.01. The summed E-state index contributed by atoms with van der Waals surface area (Å²) in [7, 11) is 1.36. The van der Waals surface area contributed by atoms with Crippen LogP contribution in [0.15, 0.2) is 48.5 Å². The van der Waals surface area contributed by atoms with Gasteiger partial charge in [0.15, 0.2) is 0 Å². The number of carbonyl (C=O) groups excluding carboxylic acids is 1. The van der Waals surface area contributed by atoms with Gasteiger partial charge in [0.05, 0.1) is 29.4 Å². The predicted molar refractivity (Wildman–Crippen MR) is 112 cm³/mol. The third kappa shape index (κ3) is 3.51. The molecule has 1 aliphatic carbocycles. The van der Waals surface area contributed by atoms with Crippen LogP contribution in [0, 0.1) is 5.92 Å². The molecular formula is C24H21NO4. The number of aromatic nitrogens is 1. The SMILES string of the molecule is COC(=O)c1ccc(/C=C2\C[C@H](C)Cc3c2nc2ccccc2c3C(=O)O)cc1. The fraction of sp³-hybridized carbons (Fsp3) is 0.208. The molecule has 3 aromatic rings. The van der Waals surface area contributed by atoms with Gasteiger partial charge in [-0.15, -0.1) is 0 Å². The van der Waals surface area contributed by atoms with Gasteiger partial charge in [-0.05, 0) is 59.7 Å². The van der Waals surface area contributed by atoms with Crippen molar-refractivity contribution in [2.75, 3.05) is 7.11 Å². The van der Waals surface area contributed by atoms with Crippen LogP contribution in [0.2, 0.25) is 0 Å². The monoisotopic (exact) mass is 387 g/mol. The summed E-state index contributed by atoms with van der Waals surface area (Å²) >= 11 is 0. The maximum Gasteiger partial charge on any atom is 0.337 e. The number of allylic oxidation sites excluding steroid dienone is 1. The maximum absolute atomic E-state index is 12.1. The Bertz CT molecular complexity index is 1150. The van der Waals surface area contributed by atoms with Crippen molar-refractivity contribution in [1.29, 1.82) is 0 Å². The van der Waals surface area contributed by atoms with Crippen molar-refractivity contribution in [2.45, 2.75) is 19.8 Å². The van der Waals surface area contributed by atoms with Gasteiger partial charge in [-0.1, -0.05) is 37.3 Å². The quantitative estimate of drug-likeness (QED) is 0.651. The van der Waals surface area contributed by atoms with Crippen LogP contribution in [0.3, 0.4) is 0 Å². The highest BCUT2D eigenvalue weighted by molar-refractivity contribution is 6.06. The molecule has 5 heteroatoms. The van der Waals surface area contributed by atoms with E-state index in [9.17, 15) is 14.7 Å². The Hall–Kier alpha value is -3.47. The number of esters is 1. The molecule has 1 aliphatic rings. The lowest BCUT2D eigenvalue weighted by Gasteiger charge is -2.26. The average Bonchev–Trinajstić information content (AvgIpc) is 2.72. The molecule has 0 radical (unpaired) electrons. The number of carboxylic acid groups (broad SMARTS) is 1. The molecular weight excluding hydrogens is 366 g/mol. The maximum atomic E-state index is 12.1. The molecule has 1 heterocycles. The van der Waals surface area contributed by atoms with Crippen molar-refractivity contribution in [3.8, 4) is 0 Å². The largest absolute Gasteiger partial charge is 0.478 e. The van der Waals surface area contributed by atoms with Crippen molar-refractivity contribution >= 4 is 34.5 Å². The Kier molecular flexibility index (Phi) is 4.89. The van der Waals surface area contributed by atoms with Gasteiger partial charge in [-0.3, -0.25) is 0 Å². The second-order valence-electron chi connectivity index (χ2n) is 7.43. The van der Waals surface area contributed by atoms with E-state index < -0.39 is 5.97 Å². The molecule has 29 heavy (non-hydrogen) atoms. The lowest BCUT2D eigenvalue weighted by atomic mass is 9.80. The van der Waals surface area contributed by atoms with Gasteiger partial charge in [0.2, 0.25) is 0 Å². The topological polar surface area (TPSA) is 76.5 Å². The van der Waals surface area contributed by atoms with E-state index >= 15 is 0 Å². The zero-order valence-corrected chi connectivity index (χ0v) is 16.3. The van der Waals surface area contributed by atoms with Crippen LogP contribution in [0.1, 0.15) is 50.9 Å². The Morgan fingerprint density at radius 2 is 1.83 bits per heavy atom. The van der Waals surface area contributed by atoms with Gasteiger partial charge in [0.25, 0.3) is 0 Å². The minimum atomic E-state index is -0.921. The molecule has 0 spiro atoms. The van der Waals surface area contributed by atoms with Gasteiger partial charge in [0, 0.05) is 5.39 Å². The number of rotatable bonds is 3. The molecule has 1 atom stereocenters. The van der Waals surface area contributed by atoms with Crippen molar-refractivity contribution < 1.29 is 19.4 Å². The number of pyridine rings is 1. The molecule has 146 valence electrons. The number of hydrogen-bond donors (Lipinski definition) is 1. The summed E-state index contributed by atoms with van der Waals surface area (Å²) in [6.45, 7) is 2.12. The van der Waals surface area contributed by atoms with Gasteiger partial charge in [0.1, 0.15) is 0 Å². The van der Waals surface area contributed by atoms with E-state index in [0.717, 1.165) is 28.8 Å². The standard InChI is InChI=1S/C24H21NO4/c1-14-11-17(13-15-7-9-16(10-8-15)24(28)29-2)22-19(12-14)21(23(26)27)18-5-3-4-6-20(18)25-22/h3-10,13-14H,11-12H2,1-2H3,(H,26,27)/b17-13+/t14-/m0/s1. The van der Waals surface area contributed by atoms with Crippen LogP contribution < -0.4 is 0 Å². The Morgan fingerprint density at radius 1 is 1.10 bits per heavy atom. The van der Waals surface area contributed by atoms with E-state index in [4.69, 9.17) is 9.72 Å². The number of carboxylic acids is 1. The molecule has 0 aliphatic heterocycles. The van der Waals surface area contributed by atoms with Crippen LogP contribution in [0.25, 0.3) is 22.6 Å². The first-order valence-corrected chi connectivity index (χ1v) is 9.52. The van der Waals surface area contributed by atoms with Crippen molar-refractivity contribution in [3.63, 3.8) is 0 Å².